The van der Waals surface area contributed by atoms with E-state index in [9.17, 15) is 9.59 Å². The fourth-order valence-electron chi connectivity index (χ4n) is 3.68. The van der Waals surface area contributed by atoms with Gasteiger partial charge >= 0.3 is 5.97 Å². The molecule has 1 fully saturated rings. The molecular weight excluding hydrogens is 320 g/mol. The van der Waals surface area contributed by atoms with Crippen LogP contribution < -0.4 is 0 Å². The van der Waals surface area contributed by atoms with Gasteiger partial charge in [-0.05, 0) is 43.4 Å². The van der Waals surface area contributed by atoms with E-state index in [-0.39, 0.29) is 24.4 Å². The van der Waals surface area contributed by atoms with Crippen LogP contribution >= 0.6 is 11.8 Å². The Morgan fingerprint density at radius 2 is 2.21 bits per heavy atom. The van der Waals surface area contributed by atoms with Crippen LogP contribution in [0.3, 0.4) is 0 Å². The minimum atomic E-state index is -0.337. The van der Waals surface area contributed by atoms with Gasteiger partial charge in [0.25, 0.3) is 0 Å². The minimum Gasteiger partial charge on any atom is -0.461 e. The summed E-state index contributed by atoms with van der Waals surface area (Å²) in [5.74, 6) is 1.40. The van der Waals surface area contributed by atoms with Gasteiger partial charge in [0.1, 0.15) is 6.61 Å². The Kier molecular flexibility index (Phi) is 5.44. The first-order valence-electron chi connectivity index (χ1n) is 8.70. The van der Waals surface area contributed by atoms with Crippen molar-refractivity contribution in [1.29, 1.82) is 0 Å². The standard InChI is InChI=1S/C20H24O3S/c1-3-10-23-20(22)13(2)14-8-9-17-18(11-14)24-12-15-6-4-5-7-16(15)19(17)21/h3,8-9,11,13,15-16H,1,4-7,10,12H2,2H3. The van der Waals surface area contributed by atoms with Crippen LogP contribution in [0.25, 0.3) is 0 Å². The van der Waals surface area contributed by atoms with Crippen molar-refractivity contribution in [3.8, 4) is 0 Å². The lowest BCUT2D eigenvalue weighted by molar-refractivity contribution is -0.143. The quantitative estimate of drug-likeness (QED) is 0.591. The van der Waals surface area contributed by atoms with Gasteiger partial charge in [0.05, 0.1) is 5.92 Å². The summed E-state index contributed by atoms with van der Waals surface area (Å²) in [5, 5.41) is 0. The second kappa shape index (κ2) is 7.56. The highest BCUT2D eigenvalue weighted by Crippen LogP contribution is 2.42. The molecule has 1 aliphatic carbocycles. The molecule has 3 atom stereocenters. The lowest BCUT2D eigenvalue weighted by Gasteiger charge is -2.28. The Balaban J connectivity index is 1.83. The van der Waals surface area contributed by atoms with Crippen LogP contribution in [0.4, 0.5) is 0 Å². The zero-order valence-electron chi connectivity index (χ0n) is 14.1. The molecule has 0 N–H and O–H groups in total. The zero-order chi connectivity index (χ0) is 17.1. The summed E-state index contributed by atoms with van der Waals surface area (Å²) in [6.07, 6.45) is 6.15. The van der Waals surface area contributed by atoms with Gasteiger partial charge in [0, 0.05) is 22.1 Å². The Morgan fingerprint density at radius 3 is 3.00 bits per heavy atom. The van der Waals surface area contributed by atoms with Gasteiger partial charge in [-0.15, -0.1) is 11.8 Å². The first-order valence-corrected chi connectivity index (χ1v) is 9.69. The van der Waals surface area contributed by atoms with Crippen molar-refractivity contribution in [3.05, 3.63) is 42.0 Å². The van der Waals surface area contributed by atoms with E-state index in [1.165, 1.54) is 6.42 Å². The largest absolute Gasteiger partial charge is 0.461 e. The maximum Gasteiger partial charge on any atom is 0.313 e. The van der Waals surface area contributed by atoms with Crippen molar-refractivity contribution in [2.45, 2.75) is 43.4 Å². The molecule has 0 bridgehead atoms. The van der Waals surface area contributed by atoms with Crippen molar-refractivity contribution >= 4 is 23.5 Å². The van der Waals surface area contributed by atoms with Gasteiger partial charge in [-0.25, -0.2) is 0 Å². The summed E-state index contributed by atoms with van der Waals surface area (Å²) in [6, 6.07) is 5.82. The summed E-state index contributed by atoms with van der Waals surface area (Å²) in [6.45, 7) is 5.63. The molecule has 128 valence electrons. The number of esters is 1. The molecule has 2 aliphatic rings. The van der Waals surface area contributed by atoms with Gasteiger partial charge in [-0.2, -0.15) is 0 Å². The number of rotatable bonds is 4. The molecule has 1 saturated carbocycles. The van der Waals surface area contributed by atoms with Crippen molar-refractivity contribution in [3.63, 3.8) is 0 Å². The topological polar surface area (TPSA) is 43.4 Å². The van der Waals surface area contributed by atoms with Crippen LogP contribution in [0.15, 0.2) is 35.7 Å². The zero-order valence-corrected chi connectivity index (χ0v) is 14.9. The van der Waals surface area contributed by atoms with Crippen LogP contribution in [0.1, 0.15) is 54.4 Å². The second-order valence-electron chi connectivity index (χ2n) is 6.72. The molecule has 4 heteroatoms. The Morgan fingerprint density at radius 1 is 1.42 bits per heavy atom. The van der Waals surface area contributed by atoms with Crippen LogP contribution in [0.2, 0.25) is 0 Å². The van der Waals surface area contributed by atoms with Gasteiger partial charge in [0.15, 0.2) is 5.78 Å². The third kappa shape index (κ3) is 3.44. The molecule has 0 spiro atoms. The molecule has 1 aliphatic heterocycles. The highest BCUT2D eigenvalue weighted by molar-refractivity contribution is 7.99. The van der Waals surface area contributed by atoms with Crippen LogP contribution in [0.5, 0.6) is 0 Å². The van der Waals surface area contributed by atoms with Crippen molar-refractivity contribution < 1.29 is 14.3 Å². The maximum absolute atomic E-state index is 12.9. The van der Waals surface area contributed by atoms with Crippen LogP contribution in [-0.2, 0) is 9.53 Å². The number of ether oxygens (including phenoxy) is 1. The number of fused-ring (bicyclic) bond motifs is 2. The number of hydrogen-bond acceptors (Lipinski definition) is 4. The fourth-order valence-corrected chi connectivity index (χ4v) is 5.02. The van der Waals surface area contributed by atoms with Crippen molar-refractivity contribution in [2.75, 3.05) is 12.4 Å². The molecule has 0 aromatic heterocycles. The number of benzene rings is 1. The van der Waals surface area contributed by atoms with E-state index in [1.54, 1.807) is 17.8 Å². The second-order valence-corrected chi connectivity index (χ2v) is 7.78. The van der Waals surface area contributed by atoms with Crippen LogP contribution in [-0.4, -0.2) is 24.1 Å². The summed E-state index contributed by atoms with van der Waals surface area (Å²) in [4.78, 5) is 26.0. The first-order chi connectivity index (χ1) is 11.6. The van der Waals surface area contributed by atoms with Crippen molar-refractivity contribution in [1.82, 2.24) is 0 Å². The fraction of sp³-hybridized carbons (Fsp3) is 0.500. The van der Waals surface area contributed by atoms with E-state index in [4.69, 9.17) is 4.74 Å². The van der Waals surface area contributed by atoms with E-state index < -0.39 is 0 Å². The van der Waals surface area contributed by atoms with Gasteiger partial charge in [-0.1, -0.05) is 31.6 Å². The van der Waals surface area contributed by atoms with E-state index >= 15 is 0 Å². The predicted molar refractivity (Wildman–Crippen MR) is 96.5 cm³/mol. The predicted octanol–water partition coefficient (Wildman–Crippen LogP) is 4.61. The molecule has 0 saturated heterocycles. The molecule has 3 rings (SSSR count). The number of hydrogen-bond donors (Lipinski definition) is 0. The number of ketones is 1. The van der Waals surface area contributed by atoms with E-state index in [0.29, 0.717) is 11.7 Å². The van der Waals surface area contributed by atoms with Gasteiger partial charge in [0.2, 0.25) is 0 Å². The summed E-state index contributed by atoms with van der Waals surface area (Å²) < 4.78 is 5.14. The summed E-state index contributed by atoms with van der Waals surface area (Å²) in [5.41, 5.74) is 1.75. The number of Topliss-reactive ketones (excluding diaryl/α,β-unsaturated/α-hetero) is 1. The molecular formula is C20H24O3S. The number of carbonyl (C=O) groups is 2. The van der Waals surface area contributed by atoms with Crippen LogP contribution in [0, 0.1) is 11.8 Å². The molecule has 1 aromatic rings. The molecule has 1 aromatic carbocycles. The van der Waals surface area contributed by atoms with E-state index in [2.05, 4.69) is 6.58 Å². The third-order valence-corrected chi connectivity index (χ3v) is 6.41. The molecule has 3 unspecified atom stereocenters. The highest BCUT2D eigenvalue weighted by Gasteiger charge is 2.35. The normalized spacial score (nSPS) is 24.3. The molecule has 0 amide bonds. The Labute approximate surface area is 147 Å². The average molecular weight is 344 g/mol. The third-order valence-electron chi connectivity index (χ3n) is 5.17. The molecule has 24 heavy (non-hydrogen) atoms. The molecule has 0 radical (unpaired) electrons. The number of carbonyl (C=O) groups excluding carboxylic acids is 2. The first kappa shape index (κ1) is 17.3. The molecule has 1 heterocycles. The smallest absolute Gasteiger partial charge is 0.313 e. The van der Waals surface area contributed by atoms with E-state index in [1.807, 2.05) is 25.1 Å². The van der Waals surface area contributed by atoms with E-state index in [0.717, 1.165) is 41.0 Å². The minimum absolute atomic E-state index is 0.188. The SMILES string of the molecule is C=CCOC(=O)C(C)c1ccc2c(c1)SCC1CCCCC1C2=O. The summed E-state index contributed by atoms with van der Waals surface area (Å²) in [7, 11) is 0. The lowest BCUT2D eigenvalue weighted by Crippen LogP contribution is -2.27. The average Bonchev–Trinajstić information content (AvgIpc) is 2.76. The van der Waals surface area contributed by atoms with Gasteiger partial charge in [-0.3, -0.25) is 9.59 Å². The Hall–Kier alpha value is -1.55. The lowest BCUT2D eigenvalue weighted by atomic mass is 9.76. The monoisotopic (exact) mass is 344 g/mol. The molecule has 3 nitrogen and oxygen atoms in total. The maximum atomic E-state index is 12.9. The van der Waals surface area contributed by atoms with Crippen molar-refractivity contribution in [2.24, 2.45) is 11.8 Å². The van der Waals surface area contributed by atoms with Gasteiger partial charge < -0.3 is 4.74 Å². The number of thioether (sulfide) groups is 1. The summed E-state index contributed by atoms with van der Waals surface area (Å²) >= 11 is 1.77. The Bertz CT molecular complexity index is 652. The highest BCUT2D eigenvalue weighted by atomic mass is 32.2.